The zero-order valence-corrected chi connectivity index (χ0v) is 17.7. The molecule has 5 nitrogen and oxygen atoms in total. The van der Waals surface area contributed by atoms with Crippen molar-refractivity contribution in [2.45, 2.75) is 45.7 Å². The third kappa shape index (κ3) is 3.17. The van der Waals surface area contributed by atoms with E-state index in [1.807, 2.05) is 38.1 Å². The third-order valence-corrected chi connectivity index (χ3v) is 6.25. The van der Waals surface area contributed by atoms with E-state index in [-0.39, 0.29) is 29.0 Å². The van der Waals surface area contributed by atoms with E-state index >= 15 is 4.39 Å². The Morgan fingerprint density at radius 3 is 2.90 bits per heavy atom. The topological polar surface area (TPSA) is 64.2 Å². The Morgan fingerprint density at radius 2 is 2.19 bits per heavy atom. The second-order valence-electron chi connectivity index (χ2n) is 8.31. The molecular formula is C25H25FN2O3. The van der Waals surface area contributed by atoms with Crippen LogP contribution >= 0.6 is 0 Å². The van der Waals surface area contributed by atoms with E-state index in [0.29, 0.717) is 24.3 Å². The largest absolute Gasteiger partial charge is 0.454 e. The molecular weight excluding hydrogens is 395 g/mol. The fourth-order valence-corrected chi connectivity index (χ4v) is 4.58. The second-order valence-corrected chi connectivity index (χ2v) is 8.31. The van der Waals surface area contributed by atoms with Crippen molar-refractivity contribution in [3.63, 3.8) is 0 Å². The molecule has 31 heavy (non-hydrogen) atoms. The number of pyridine rings is 1. The Bertz CT molecular complexity index is 1280. The maximum absolute atomic E-state index is 15.3. The quantitative estimate of drug-likeness (QED) is 0.461. The zero-order valence-electron chi connectivity index (χ0n) is 17.7. The van der Waals surface area contributed by atoms with Crippen LogP contribution in [0.5, 0.6) is 0 Å². The summed E-state index contributed by atoms with van der Waals surface area (Å²) in [6, 6.07) is 5.94. The number of rotatable bonds is 6. The number of Topliss-reactive ketones (excluding diaryl/α,β-unsaturated/α-hetero) is 1. The van der Waals surface area contributed by atoms with Crippen molar-refractivity contribution < 1.29 is 13.6 Å². The number of halogens is 1. The van der Waals surface area contributed by atoms with Crippen molar-refractivity contribution >= 4 is 16.8 Å². The molecule has 0 saturated heterocycles. The SMILES string of the molecule is C/C=C\C(NCC)c1cccc2c3c(oc12)-c1c(F)c(=O)c(C(=O)C2CC2)cn1CC3. The predicted octanol–water partition coefficient (Wildman–Crippen LogP) is 4.78. The molecule has 3 aromatic rings. The van der Waals surface area contributed by atoms with Crippen LogP contribution < -0.4 is 10.7 Å². The molecule has 3 heterocycles. The summed E-state index contributed by atoms with van der Waals surface area (Å²) in [5, 5.41) is 4.38. The summed E-state index contributed by atoms with van der Waals surface area (Å²) < 4.78 is 23.3. The lowest BCUT2D eigenvalue weighted by molar-refractivity contribution is 0.0965. The fourth-order valence-electron chi connectivity index (χ4n) is 4.58. The van der Waals surface area contributed by atoms with Crippen LogP contribution in [-0.4, -0.2) is 16.9 Å². The molecule has 0 radical (unpaired) electrons. The molecule has 1 aromatic carbocycles. The lowest BCUT2D eigenvalue weighted by Crippen LogP contribution is -2.26. The van der Waals surface area contributed by atoms with Crippen LogP contribution in [0.1, 0.15) is 54.2 Å². The summed E-state index contributed by atoms with van der Waals surface area (Å²) in [6.45, 7) is 5.30. The summed E-state index contributed by atoms with van der Waals surface area (Å²) >= 11 is 0. The van der Waals surface area contributed by atoms with E-state index in [1.54, 1.807) is 4.57 Å². The number of fused-ring (bicyclic) bond motifs is 5. The molecule has 1 fully saturated rings. The van der Waals surface area contributed by atoms with Gasteiger partial charge in [-0.3, -0.25) is 9.59 Å². The highest BCUT2D eigenvalue weighted by Crippen LogP contribution is 2.41. The average Bonchev–Trinajstić information content (AvgIpc) is 3.55. The van der Waals surface area contributed by atoms with Gasteiger partial charge < -0.3 is 14.3 Å². The van der Waals surface area contributed by atoms with E-state index in [2.05, 4.69) is 11.4 Å². The van der Waals surface area contributed by atoms with Crippen molar-refractivity contribution in [3.8, 4) is 11.5 Å². The van der Waals surface area contributed by atoms with Gasteiger partial charge in [0, 0.05) is 35.2 Å². The summed E-state index contributed by atoms with van der Waals surface area (Å²) in [4.78, 5) is 25.2. The number of para-hydroxylation sites is 1. The number of carbonyl (C=O) groups is 1. The van der Waals surface area contributed by atoms with Crippen molar-refractivity contribution in [1.82, 2.24) is 9.88 Å². The molecule has 1 aliphatic heterocycles. The summed E-state index contributed by atoms with van der Waals surface area (Å²) in [7, 11) is 0. The average molecular weight is 420 g/mol. The number of aromatic nitrogens is 1. The van der Waals surface area contributed by atoms with E-state index < -0.39 is 11.2 Å². The lowest BCUT2D eigenvalue weighted by atomic mass is 9.97. The molecule has 1 N–H and O–H groups in total. The van der Waals surface area contributed by atoms with Crippen molar-refractivity contribution in [2.75, 3.05) is 6.54 Å². The Morgan fingerprint density at radius 1 is 1.39 bits per heavy atom. The Labute approximate surface area is 179 Å². The first kappa shape index (κ1) is 19.9. The summed E-state index contributed by atoms with van der Waals surface area (Å²) in [5.74, 6) is -0.876. The standard InChI is InChI=1S/C25H25FN2O3/c1-3-6-19(27-4-2)17-8-5-7-15-16-11-12-28-13-18(22(29)14-9-10-14)23(30)20(26)21(28)25(16)31-24(15)17/h3,5-8,13-14,19,27H,4,9-12H2,1-2H3/b6-3-. The molecule has 1 saturated carbocycles. The van der Waals surface area contributed by atoms with Gasteiger partial charge in [0.2, 0.25) is 5.43 Å². The highest BCUT2D eigenvalue weighted by atomic mass is 19.1. The fraction of sp³-hybridized carbons (Fsp3) is 0.360. The molecule has 1 atom stereocenters. The first-order chi connectivity index (χ1) is 15.0. The van der Waals surface area contributed by atoms with Crippen LogP contribution in [-0.2, 0) is 13.0 Å². The number of ketones is 1. The van der Waals surface area contributed by atoms with Gasteiger partial charge >= 0.3 is 0 Å². The molecule has 1 aliphatic carbocycles. The van der Waals surface area contributed by atoms with Gasteiger partial charge in [0.1, 0.15) is 11.3 Å². The maximum atomic E-state index is 15.3. The van der Waals surface area contributed by atoms with Crippen LogP contribution in [0, 0.1) is 11.7 Å². The van der Waals surface area contributed by atoms with Crippen molar-refractivity contribution in [2.24, 2.45) is 5.92 Å². The second kappa shape index (κ2) is 7.61. The van der Waals surface area contributed by atoms with Gasteiger partial charge in [-0.15, -0.1) is 0 Å². The van der Waals surface area contributed by atoms with Gasteiger partial charge in [-0.1, -0.05) is 37.3 Å². The third-order valence-electron chi connectivity index (χ3n) is 6.25. The number of nitrogens with zero attached hydrogens (tertiary/aromatic N) is 1. The van der Waals surface area contributed by atoms with Crippen LogP contribution in [0.25, 0.3) is 22.4 Å². The van der Waals surface area contributed by atoms with Crippen LogP contribution in [0.15, 0.2) is 45.8 Å². The smallest absolute Gasteiger partial charge is 0.228 e. The summed E-state index contributed by atoms with van der Waals surface area (Å²) in [5.41, 5.74) is 1.87. The Kier molecular flexibility index (Phi) is 4.89. The van der Waals surface area contributed by atoms with Crippen LogP contribution in [0.3, 0.4) is 0 Å². The molecule has 1 unspecified atom stereocenters. The van der Waals surface area contributed by atoms with Crippen molar-refractivity contribution in [3.05, 3.63) is 69.3 Å². The predicted molar refractivity (Wildman–Crippen MR) is 118 cm³/mol. The number of furan rings is 1. The highest BCUT2D eigenvalue weighted by molar-refractivity contribution is 5.99. The number of nitrogens with one attached hydrogen (secondary N) is 1. The maximum Gasteiger partial charge on any atom is 0.228 e. The van der Waals surface area contributed by atoms with Gasteiger partial charge in [0.15, 0.2) is 17.4 Å². The molecule has 5 rings (SSSR count). The number of hydrogen-bond donors (Lipinski definition) is 1. The summed E-state index contributed by atoms with van der Waals surface area (Å²) in [6.07, 6.45) is 7.78. The number of hydrogen-bond acceptors (Lipinski definition) is 4. The Hall–Kier alpha value is -2.99. The van der Waals surface area contributed by atoms with E-state index in [9.17, 15) is 9.59 Å². The normalized spacial score (nSPS) is 16.5. The van der Waals surface area contributed by atoms with Gasteiger partial charge in [-0.2, -0.15) is 0 Å². The number of likely N-dealkylation sites (N-methyl/N-ethyl adjacent to an activating group) is 1. The molecule has 160 valence electrons. The molecule has 0 spiro atoms. The van der Waals surface area contributed by atoms with Gasteiger partial charge in [-0.25, -0.2) is 4.39 Å². The first-order valence-electron chi connectivity index (χ1n) is 10.9. The number of aryl methyl sites for hydroxylation is 2. The monoisotopic (exact) mass is 420 g/mol. The number of benzene rings is 1. The van der Waals surface area contributed by atoms with Crippen LogP contribution in [0.4, 0.5) is 4.39 Å². The minimum absolute atomic E-state index is 0.0307. The molecule has 6 heteroatoms. The van der Waals surface area contributed by atoms with E-state index in [1.165, 1.54) is 6.20 Å². The van der Waals surface area contributed by atoms with E-state index in [0.717, 1.165) is 35.9 Å². The molecule has 0 amide bonds. The van der Waals surface area contributed by atoms with Gasteiger partial charge in [0.25, 0.3) is 0 Å². The molecule has 2 aliphatic rings. The molecule has 2 aromatic heterocycles. The minimum atomic E-state index is -0.898. The van der Waals surface area contributed by atoms with Gasteiger partial charge in [0.05, 0.1) is 11.6 Å². The zero-order chi connectivity index (χ0) is 21.7. The highest BCUT2D eigenvalue weighted by Gasteiger charge is 2.35. The molecule has 0 bridgehead atoms. The number of carbonyl (C=O) groups excluding carboxylic acids is 1. The van der Waals surface area contributed by atoms with Gasteiger partial charge in [-0.05, 0) is 32.7 Å². The van der Waals surface area contributed by atoms with Crippen molar-refractivity contribution in [1.29, 1.82) is 0 Å². The Balaban J connectivity index is 1.70. The first-order valence-corrected chi connectivity index (χ1v) is 10.9. The lowest BCUT2D eigenvalue weighted by Gasteiger charge is -2.19. The van der Waals surface area contributed by atoms with Crippen LogP contribution in [0.2, 0.25) is 0 Å². The number of allylic oxidation sites excluding steroid dienone is 1. The minimum Gasteiger partial charge on any atom is -0.454 e. The van der Waals surface area contributed by atoms with E-state index in [4.69, 9.17) is 4.42 Å².